The molecule has 1 saturated carbocycles. The molecular formula is C35H46ClF2N3O6. The van der Waals surface area contributed by atoms with Crippen LogP contribution in [0.1, 0.15) is 99.1 Å². The first kappa shape index (κ1) is 35.2. The number of nitrogens with zero attached hydrogens (tertiary/aromatic N) is 3. The van der Waals surface area contributed by atoms with Gasteiger partial charge < -0.3 is 19.1 Å². The summed E-state index contributed by atoms with van der Waals surface area (Å²) in [6.45, 7) is 12.4. The third-order valence-corrected chi connectivity index (χ3v) is 9.59. The van der Waals surface area contributed by atoms with Gasteiger partial charge in [-0.15, -0.1) is 0 Å². The Hall–Kier alpha value is -3.08. The quantitative estimate of drug-likeness (QED) is 0.290. The van der Waals surface area contributed by atoms with E-state index in [2.05, 4.69) is 9.97 Å². The number of ether oxygens (including phenoxy) is 3. The van der Waals surface area contributed by atoms with E-state index in [4.69, 9.17) is 25.8 Å². The average molecular weight is 678 g/mol. The molecule has 1 aromatic heterocycles. The van der Waals surface area contributed by atoms with Gasteiger partial charge in [0.15, 0.2) is 5.69 Å². The maximum absolute atomic E-state index is 16.0. The molecule has 2 aromatic rings. The van der Waals surface area contributed by atoms with Crippen LogP contribution in [-0.4, -0.2) is 63.1 Å². The van der Waals surface area contributed by atoms with Gasteiger partial charge in [-0.2, -0.15) is 8.78 Å². The Bertz CT molecular complexity index is 1520. The van der Waals surface area contributed by atoms with Gasteiger partial charge in [-0.3, -0.25) is 9.59 Å². The standard InChI is InChI=1S/C35H46ClF2N3O6/c1-19-26-18-41(28(19)32(44)47-34(5,6)7)31(43)22(33(2,3)4)17-27(42)45-25-15-20(25)11-9-8-10-14-35(37,38)29-30(46-26)40-24-16-21(36)12-13-23(24)39-29/h12-13,16,19-20,22,25-26,28H,8-11,14-15,17-18H2,1-7H3/t19-,20-,22-,25-,26+,28+/m1/s1. The normalized spacial score (nSPS) is 29.0. The summed E-state index contributed by atoms with van der Waals surface area (Å²) in [6, 6.07) is 3.52. The lowest BCUT2D eigenvalue weighted by Crippen LogP contribution is -2.50. The highest BCUT2D eigenvalue weighted by Crippen LogP contribution is 2.43. The third kappa shape index (κ3) is 8.15. The van der Waals surface area contributed by atoms with E-state index in [1.165, 1.54) is 17.0 Å². The molecule has 1 saturated heterocycles. The first-order valence-corrected chi connectivity index (χ1v) is 17.0. The number of rotatable bonds is 1. The molecule has 3 aliphatic rings. The molecule has 1 aromatic carbocycles. The SMILES string of the molecule is C[C@@H]1[C@@H]2CN(C(=O)[C@H](C(C)(C)C)CC(=O)O[C@@H]3C[C@H]3CCCCCC(F)(F)c3nc4ccc(Cl)cc4nc3O2)[C@@H]1C(=O)OC(C)(C)C. The van der Waals surface area contributed by atoms with Gasteiger partial charge >= 0.3 is 11.9 Å². The van der Waals surface area contributed by atoms with E-state index in [1.807, 2.05) is 20.8 Å². The number of benzene rings is 1. The molecule has 12 heteroatoms. The number of alkyl halides is 2. The predicted molar refractivity (Wildman–Crippen MR) is 172 cm³/mol. The number of hydrogen-bond acceptors (Lipinski definition) is 8. The minimum absolute atomic E-state index is 0.115. The van der Waals surface area contributed by atoms with Crippen molar-refractivity contribution in [2.45, 2.75) is 123 Å². The van der Waals surface area contributed by atoms with E-state index in [1.54, 1.807) is 33.8 Å². The van der Waals surface area contributed by atoms with Crippen LogP contribution in [0.25, 0.3) is 11.0 Å². The molecule has 2 bridgehead atoms. The average Bonchev–Trinajstić information content (AvgIpc) is 3.59. The molecule has 9 nitrogen and oxygen atoms in total. The summed E-state index contributed by atoms with van der Waals surface area (Å²) in [4.78, 5) is 51.4. The number of amides is 1. The van der Waals surface area contributed by atoms with Crippen molar-refractivity contribution in [1.82, 2.24) is 14.9 Å². The van der Waals surface area contributed by atoms with Crippen molar-refractivity contribution in [3.8, 4) is 5.88 Å². The van der Waals surface area contributed by atoms with E-state index < -0.39 is 70.9 Å². The maximum Gasteiger partial charge on any atom is 0.329 e. The van der Waals surface area contributed by atoms with Gasteiger partial charge in [0.25, 0.3) is 5.92 Å². The molecule has 1 aliphatic carbocycles. The number of halogens is 3. The van der Waals surface area contributed by atoms with Gasteiger partial charge in [-0.1, -0.05) is 52.1 Å². The number of hydrogen-bond donors (Lipinski definition) is 0. The Kier molecular flexibility index (Phi) is 9.81. The van der Waals surface area contributed by atoms with Crippen molar-refractivity contribution < 1.29 is 37.4 Å². The highest BCUT2D eigenvalue weighted by atomic mass is 35.5. The highest BCUT2D eigenvalue weighted by Gasteiger charge is 2.52. The van der Waals surface area contributed by atoms with Crippen LogP contribution in [0.3, 0.4) is 0 Å². The van der Waals surface area contributed by atoms with E-state index >= 15 is 8.78 Å². The van der Waals surface area contributed by atoms with Crippen molar-refractivity contribution in [3.05, 3.63) is 28.9 Å². The zero-order valence-electron chi connectivity index (χ0n) is 28.3. The van der Waals surface area contributed by atoms with Crippen LogP contribution in [0.2, 0.25) is 5.02 Å². The van der Waals surface area contributed by atoms with E-state index in [0.29, 0.717) is 11.4 Å². The molecule has 47 heavy (non-hydrogen) atoms. The van der Waals surface area contributed by atoms with Gasteiger partial charge in [-0.25, -0.2) is 14.8 Å². The zero-order valence-corrected chi connectivity index (χ0v) is 29.0. The lowest BCUT2D eigenvalue weighted by Gasteiger charge is -2.35. The van der Waals surface area contributed by atoms with Crippen molar-refractivity contribution in [2.24, 2.45) is 23.2 Å². The molecule has 6 atom stereocenters. The second-order valence-corrected chi connectivity index (χ2v) is 15.9. The number of fused-ring (bicyclic) bond motifs is 5. The van der Waals surface area contributed by atoms with E-state index in [-0.39, 0.29) is 48.3 Å². The third-order valence-electron chi connectivity index (χ3n) is 9.35. The van der Waals surface area contributed by atoms with Gasteiger partial charge in [0.05, 0.1) is 29.9 Å². The summed E-state index contributed by atoms with van der Waals surface area (Å²) in [7, 11) is 0. The molecule has 0 spiro atoms. The fraction of sp³-hybridized carbons (Fsp3) is 0.686. The molecule has 258 valence electrons. The summed E-state index contributed by atoms with van der Waals surface area (Å²) in [5.41, 5.74) is -1.60. The van der Waals surface area contributed by atoms with Gasteiger partial charge in [0.1, 0.15) is 23.9 Å². The Balaban J connectivity index is 1.58. The first-order chi connectivity index (χ1) is 21.8. The smallest absolute Gasteiger partial charge is 0.329 e. The van der Waals surface area contributed by atoms with E-state index in [0.717, 1.165) is 19.3 Å². The molecule has 1 amide bonds. The van der Waals surface area contributed by atoms with Crippen LogP contribution in [0, 0.1) is 23.2 Å². The van der Waals surface area contributed by atoms with Crippen LogP contribution in [-0.2, 0) is 29.8 Å². The largest absolute Gasteiger partial charge is 0.471 e. The minimum Gasteiger partial charge on any atom is -0.471 e. The Labute approximate surface area is 280 Å². The molecule has 2 fully saturated rings. The highest BCUT2D eigenvalue weighted by molar-refractivity contribution is 6.31. The molecule has 0 unspecified atom stereocenters. The van der Waals surface area contributed by atoms with Crippen LogP contribution < -0.4 is 4.74 Å². The van der Waals surface area contributed by atoms with Crippen LogP contribution in [0.15, 0.2) is 18.2 Å². The number of carbonyl (C=O) groups is 3. The Morgan fingerprint density at radius 2 is 1.74 bits per heavy atom. The summed E-state index contributed by atoms with van der Waals surface area (Å²) in [6.07, 6.45) is 1.27. The Morgan fingerprint density at radius 1 is 1.02 bits per heavy atom. The topological polar surface area (TPSA) is 108 Å². The van der Waals surface area contributed by atoms with Crippen molar-refractivity contribution in [1.29, 1.82) is 0 Å². The molecule has 3 heterocycles. The van der Waals surface area contributed by atoms with Gasteiger partial charge in [0.2, 0.25) is 11.8 Å². The van der Waals surface area contributed by atoms with Crippen molar-refractivity contribution in [2.75, 3.05) is 6.54 Å². The van der Waals surface area contributed by atoms with Gasteiger partial charge in [0, 0.05) is 17.4 Å². The summed E-state index contributed by atoms with van der Waals surface area (Å²) in [5.74, 6) is -6.61. The van der Waals surface area contributed by atoms with Crippen molar-refractivity contribution >= 4 is 40.5 Å². The van der Waals surface area contributed by atoms with Gasteiger partial charge in [-0.05, 0) is 69.6 Å². The number of esters is 2. The summed E-state index contributed by atoms with van der Waals surface area (Å²) < 4.78 is 49.8. The molecule has 5 rings (SSSR count). The molecule has 0 N–H and O–H groups in total. The molecular weight excluding hydrogens is 632 g/mol. The van der Waals surface area contributed by atoms with Crippen LogP contribution in [0.5, 0.6) is 5.88 Å². The first-order valence-electron chi connectivity index (χ1n) is 16.6. The lowest BCUT2D eigenvalue weighted by atomic mass is 9.77. The van der Waals surface area contributed by atoms with Crippen molar-refractivity contribution in [3.63, 3.8) is 0 Å². The fourth-order valence-electron chi connectivity index (χ4n) is 6.58. The van der Waals surface area contributed by atoms with E-state index in [9.17, 15) is 14.4 Å². The zero-order chi connectivity index (χ0) is 34.5. The monoisotopic (exact) mass is 677 g/mol. The number of aromatic nitrogens is 2. The summed E-state index contributed by atoms with van der Waals surface area (Å²) in [5, 5.41) is 0.357. The van der Waals surface area contributed by atoms with Crippen LogP contribution in [0.4, 0.5) is 8.78 Å². The summed E-state index contributed by atoms with van der Waals surface area (Å²) >= 11 is 6.20. The molecule has 2 aliphatic heterocycles. The van der Waals surface area contributed by atoms with Crippen LogP contribution >= 0.6 is 11.6 Å². The predicted octanol–water partition coefficient (Wildman–Crippen LogP) is 7.26. The Morgan fingerprint density at radius 3 is 2.43 bits per heavy atom. The fourth-order valence-corrected chi connectivity index (χ4v) is 6.74. The second-order valence-electron chi connectivity index (χ2n) is 15.4. The minimum atomic E-state index is -3.37. The molecule has 0 radical (unpaired) electrons. The number of carbonyl (C=O) groups excluding carboxylic acids is 3. The maximum atomic E-state index is 16.0. The lowest BCUT2D eigenvalue weighted by molar-refractivity contribution is -0.166. The second kappa shape index (κ2) is 13.1.